The van der Waals surface area contributed by atoms with Crippen molar-refractivity contribution >= 4 is 29.6 Å². The van der Waals surface area contributed by atoms with Crippen LogP contribution in [0, 0.1) is 23.7 Å². The summed E-state index contributed by atoms with van der Waals surface area (Å²) < 4.78 is 0. The fourth-order valence-electron chi connectivity index (χ4n) is 3.88. The molecule has 1 aromatic carbocycles. The second-order valence-corrected chi connectivity index (χ2v) is 6.57. The number of carbonyl (C=O) groups excluding carboxylic acids is 2. The van der Waals surface area contributed by atoms with Gasteiger partial charge in [0.25, 0.3) is 11.8 Å². The SMILES string of the molecule is O=C1[C@H]2[C@H](C(=O)N1/N=C\c1cccc(Cl)c1)[C@H]1C=C[C@H]2CC1. The van der Waals surface area contributed by atoms with E-state index in [2.05, 4.69) is 17.3 Å². The van der Waals surface area contributed by atoms with Gasteiger partial charge >= 0.3 is 0 Å². The van der Waals surface area contributed by atoms with Crippen molar-refractivity contribution in [2.45, 2.75) is 12.8 Å². The molecule has 0 aromatic heterocycles. The molecule has 1 heterocycles. The van der Waals surface area contributed by atoms with E-state index in [0.717, 1.165) is 23.4 Å². The molecule has 1 saturated carbocycles. The molecule has 4 atom stereocenters. The summed E-state index contributed by atoms with van der Waals surface area (Å²) in [6, 6.07) is 7.15. The molecule has 3 aliphatic carbocycles. The lowest BCUT2D eigenvalue weighted by atomic mass is 9.63. The summed E-state index contributed by atoms with van der Waals surface area (Å²) in [5.41, 5.74) is 0.768. The highest BCUT2D eigenvalue weighted by Crippen LogP contribution is 2.49. The van der Waals surface area contributed by atoms with E-state index in [1.54, 1.807) is 18.2 Å². The van der Waals surface area contributed by atoms with Gasteiger partial charge in [-0.25, -0.2) is 0 Å². The van der Waals surface area contributed by atoms with Crippen LogP contribution in [0.25, 0.3) is 0 Å². The number of nitrogens with zero attached hydrogens (tertiary/aromatic N) is 2. The highest BCUT2D eigenvalue weighted by Gasteiger charge is 2.56. The molecule has 1 aliphatic heterocycles. The number of hydrogen-bond acceptors (Lipinski definition) is 3. The Morgan fingerprint density at radius 1 is 1.09 bits per heavy atom. The predicted molar refractivity (Wildman–Crippen MR) is 83.2 cm³/mol. The topological polar surface area (TPSA) is 49.7 Å². The van der Waals surface area contributed by atoms with Gasteiger partial charge in [-0.2, -0.15) is 10.1 Å². The molecule has 4 aliphatic rings. The van der Waals surface area contributed by atoms with Gasteiger partial charge in [0.05, 0.1) is 18.1 Å². The lowest BCUT2D eigenvalue weighted by Gasteiger charge is -2.37. The maximum Gasteiger partial charge on any atom is 0.254 e. The molecule has 2 fully saturated rings. The first-order chi connectivity index (χ1) is 10.6. The number of hydrazone groups is 1. The summed E-state index contributed by atoms with van der Waals surface area (Å²) in [7, 11) is 0. The molecule has 5 rings (SSSR count). The number of carbonyl (C=O) groups is 2. The van der Waals surface area contributed by atoms with E-state index in [9.17, 15) is 9.59 Å². The first kappa shape index (κ1) is 13.7. The zero-order valence-corrected chi connectivity index (χ0v) is 12.6. The first-order valence-electron chi connectivity index (χ1n) is 7.51. The first-order valence-corrected chi connectivity index (χ1v) is 7.88. The molecule has 0 unspecified atom stereocenters. The van der Waals surface area contributed by atoms with Crippen LogP contribution in [0.4, 0.5) is 0 Å². The smallest absolute Gasteiger partial charge is 0.254 e. The Labute approximate surface area is 133 Å². The summed E-state index contributed by atoms with van der Waals surface area (Å²) in [5.74, 6) is -0.365. The second kappa shape index (κ2) is 5.06. The highest BCUT2D eigenvalue weighted by atomic mass is 35.5. The third-order valence-electron chi connectivity index (χ3n) is 4.91. The fourth-order valence-corrected chi connectivity index (χ4v) is 4.08. The lowest BCUT2D eigenvalue weighted by Crippen LogP contribution is -2.38. The van der Waals surface area contributed by atoms with E-state index in [4.69, 9.17) is 11.6 Å². The Kier molecular flexibility index (Phi) is 3.15. The Morgan fingerprint density at radius 2 is 1.73 bits per heavy atom. The number of imide groups is 1. The van der Waals surface area contributed by atoms with Crippen molar-refractivity contribution in [3.63, 3.8) is 0 Å². The molecule has 0 N–H and O–H groups in total. The molecule has 1 saturated heterocycles. The van der Waals surface area contributed by atoms with Gasteiger partial charge in [-0.05, 0) is 42.4 Å². The van der Waals surface area contributed by atoms with Crippen molar-refractivity contribution in [1.29, 1.82) is 0 Å². The van der Waals surface area contributed by atoms with Gasteiger partial charge in [0.1, 0.15) is 0 Å². The molecule has 4 nitrogen and oxygen atoms in total. The van der Waals surface area contributed by atoms with E-state index < -0.39 is 0 Å². The maximum atomic E-state index is 12.6. The molecule has 1 aromatic rings. The van der Waals surface area contributed by atoms with Crippen LogP contribution in [-0.4, -0.2) is 23.0 Å². The zero-order chi connectivity index (χ0) is 15.3. The van der Waals surface area contributed by atoms with Crippen LogP contribution >= 0.6 is 11.6 Å². The van der Waals surface area contributed by atoms with Gasteiger partial charge in [0.2, 0.25) is 0 Å². The minimum atomic E-state index is -0.215. The molecule has 0 spiro atoms. The highest BCUT2D eigenvalue weighted by molar-refractivity contribution is 6.30. The number of benzene rings is 1. The van der Waals surface area contributed by atoms with E-state index >= 15 is 0 Å². The number of rotatable bonds is 2. The monoisotopic (exact) mass is 314 g/mol. The van der Waals surface area contributed by atoms with Gasteiger partial charge < -0.3 is 0 Å². The lowest BCUT2D eigenvalue weighted by molar-refractivity contribution is -0.140. The van der Waals surface area contributed by atoms with Gasteiger partial charge in [0, 0.05) is 5.02 Å². The molecular formula is C17H15ClN2O2. The standard InChI is InChI=1S/C17H15ClN2O2/c18-13-3-1-2-10(8-13)9-19-20-16(21)14-11-4-5-12(7-6-11)15(14)17(20)22/h1-5,8-9,11-12,14-15H,6-7H2/b19-9-/t11-,12-,14+,15+/m0/s1. The van der Waals surface area contributed by atoms with Crippen LogP contribution in [0.15, 0.2) is 41.5 Å². The largest absolute Gasteiger partial charge is 0.272 e. The van der Waals surface area contributed by atoms with E-state index in [1.807, 2.05) is 6.07 Å². The average molecular weight is 315 g/mol. The molecule has 2 amide bonds. The molecular weight excluding hydrogens is 300 g/mol. The Balaban J connectivity index is 1.61. The second-order valence-electron chi connectivity index (χ2n) is 6.13. The Bertz CT molecular complexity index is 680. The average Bonchev–Trinajstić information content (AvgIpc) is 2.80. The number of allylic oxidation sites excluding steroid dienone is 2. The van der Waals surface area contributed by atoms with Gasteiger partial charge in [-0.1, -0.05) is 35.9 Å². The number of hydrogen-bond donors (Lipinski definition) is 0. The number of halogens is 1. The van der Waals surface area contributed by atoms with E-state index in [1.165, 1.54) is 6.21 Å². The minimum Gasteiger partial charge on any atom is -0.272 e. The van der Waals surface area contributed by atoms with Gasteiger partial charge in [-0.3, -0.25) is 9.59 Å². The van der Waals surface area contributed by atoms with Crippen molar-refractivity contribution in [3.8, 4) is 0 Å². The van der Waals surface area contributed by atoms with Crippen LogP contribution in [0.5, 0.6) is 0 Å². The Morgan fingerprint density at radius 3 is 2.27 bits per heavy atom. The molecule has 0 radical (unpaired) electrons. The number of amides is 2. The van der Waals surface area contributed by atoms with Gasteiger partial charge in [0.15, 0.2) is 0 Å². The molecule has 112 valence electrons. The summed E-state index contributed by atoms with van der Waals surface area (Å²) in [5, 5.41) is 5.80. The van der Waals surface area contributed by atoms with Crippen molar-refractivity contribution in [2.75, 3.05) is 0 Å². The van der Waals surface area contributed by atoms with Crippen LogP contribution in [-0.2, 0) is 9.59 Å². The predicted octanol–water partition coefficient (Wildman–Crippen LogP) is 2.87. The van der Waals surface area contributed by atoms with E-state index in [0.29, 0.717) is 5.02 Å². The third-order valence-corrected chi connectivity index (χ3v) is 5.14. The van der Waals surface area contributed by atoms with Crippen molar-refractivity contribution < 1.29 is 9.59 Å². The Hall–Kier alpha value is -1.94. The van der Waals surface area contributed by atoms with Crippen LogP contribution in [0.2, 0.25) is 5.02 Å². The van der Waals surface area contributed by atoms with Gasteiger partial charge in [-0.15, -0.1) is 0 Å². The zero-order valence-electron chi connectivity index (χ0n) is 11.9. The molecule has 22 heavy (non-hydrogen) atoms. The van der Waals surface area contributed by atoms with Crippen molar-refractivity contribution in [1.82, 2.24) is 5.01 Å². The van der Waals surface area contributed by atoms with Crippen molar-refractivity contribution in [3.05, 3.63) is 47.0 Å². The van der Waals surface area contributed by atoms with Crippen LogP contribution in [0.3, 0.4) is 0 Å². The normalized spacial score (nSPS) is 33.0. The minimum absolute atomic E-state index is 0.160. The maximum absolute atomic E-state index is 12.6. The van der Waals surface area contributed by atoms with Crippen molar-refractivity contribution in [2.24, 2.45) is 28.8 Å². The summed E-state index contributed by atoms with van der Waals surface area (Å²) in [6.07, 6.45) is 7.71. The van der Waals surface area contributed by atoms with E-state index in [-0.39, 0.29) is 35.5 Å². The quantitative estimate of drug-likeness (QED) is 0.479. The number of fused-ring (bicyclic) bond motifs is 1. The molecule has 2 bridgehead atoms. The summed E-state index contributed by atoms with van der Waals surface area (Å²) >= 11 is 5.93. The third kappa shape index (κ3) is 2.02. The fraction of sp³-hybridized carbons (Fsp3) is 0.353. The summed E-state index contributed by atoms with van der Waals surface area (Å²) in [4.78, 5) is 25.1. The van der Waals surface area contributed by atoms with Crippen LogP contribution < -0.4 is 0 Å². The molecule has 5 heteroatoms. The summed E-state index contributed by atoms with van der Waals surface area (Å²) in [6.45, 7) is 0. The van der Waals surface area contributed by atoms with Crippen LogP contribution in [0.1, 0.15) is 18.4 Å².